The summed E-state index contributed by atoms with van der Waals surface area (Å²) in [5.41, 5.74) is 0. The largest absolute Gasteiger partial charge is 1.00 e. The van der Waals surface area contributed by atoms with Crippen molar-refractivity contribution in [2.24, 2.45) is 0 Å². The Morgan fingerprint density at radius 3 is 1.51 bits per heavy atom. The minimum atomic E-state index is -0.181. The first-order valence-corrected chi connectivity index (χ1v) is 12.9. The van der Waals surface area contributed by atoms with Crippen LogP contribution < -0.4 is 108 Å². The molecular weight excluding hydrogens is 580 g/mol. The molecule has 0 unspecified atom stereocenters. The topological polar surface area (TPSA) is 108 Å². The number of hydrogen-bond acceptors (Lipinski definition) is 10. The van der Waals surface area contributed by atoms with Crippen LogP contribution in [0.3, 0.4) is 0 Å². The van der Waals surface area contributed by atoms with Crippen molar-refractivity contribution >= 4 is 22.4 Å². The molecule has 2 aliphatic heterocycles. The predicted octanol–water partition coefficient (Wildman–Crippen LogP) is -3.76. The van der Waals surface area contributed by atoms with Gasteiger partial charge in [-0.1, -0.05) is 15.9 Å². The average molecular weight is 627 g/mol. The monoisotopic (exact) mass is 625 g/mol. The molecular formula is C22H46BrK2NO9. The summed E-state index contributed by atoms with van der Waals surface area (Å²) in [6, 6.07) is 0. The predicted molar refractivity (Wildman–Crippen MR) is 128 cm³/mol. The molecule has 0 aromatic heterocycles. The Morgan fingerprint density at radius 1 is 0.829 bits per heavy atom. The molecule has 0 N–H and O–H groups in total. The molecule has 0 spiro atoms. The minimum absolute atomic E-state index is 0. The average Bonchev–Trinajstić information content (AvgIpc) is 2.87. The van der Waals surface area contributed by atoms with Crippen LogP contribution in [0.25, 0.3) is 0 Å². The van der Waals surface area contributed by atoms with E-state index >= 15 is 0 Å². The van der Waals surface area contributed by atoms with E-state index in [1.807, 2.05) is 27.7 Å². The van der Waals surface area contributed by atoms with Gasteiger partial charge in [-0.3, -0.25) is 9.69 Å². The Hall–Kier alpha value is 2.90. The number of carbonyl (C=O) groups excluding carboxylic acids is 1. The fourth-order valence-corrected chi connectivity index (χ4v) is 3.09. The van der Waals surface area contributed by atoms with Crippen LogP contribution in [0.15, 0.2) is 0 Å². The standard InChI is InChI=1S/C10H21NO3.C6H13BrO2.C5H10O.CH2O3.2K.H/c1-3-13-10(14-4-2)9-11-5-7-12-8-6-11;1-3-8-6(5-7)9-4-2;1-2-4-6-5-3-1;2-1-4-3;;;/h10H,3-9H2,1-2H3;6H,3-5H2,1-2H3;1-5H2;1,3H;;;/q;;;;2*+1;-1/p-1. The van der Waals surface area contributed by atoms with Gasteiger partial charge in [0.25, 0.3) is 6.47 Å². The van der Waals surface area contributed by atoms with E-state index in [9.17, 15) is 0 Å². The smallest absolute Gasteiger partial charge is 1.00 e. The number of nitrogens with zero attached hydrogens (tertiary/aromatic N) is 1. The van der Waals surface area contributed by atoms with Gasteiger partial charge in [-0.05, 0) is 47.0 Å². The van der Waals surface area contributed by atoms with Crippen molar-refractivity contribution in [1.82, 2.24) is 4.90 Å². The van der Waals surface area contributed by atoms with E-state index in [2.05, 4.69) is 25.7 Å². The van der Waals surface area contributed by atoms with Crippen LogP contribution in [-0.2, 0) is 38.1 Å². The van der Waals surface area contributed by atoms with Gasteiger partial charge in [-0.15, -0.1) is 0 Å². The van der Waals surface area contributed by atoms with Crippen LogP contribution in [-0.4, -0.2) is 102 Å². The molecule has 2 rings (SSSR count). The molecule has 13 heteroatoms. The second-order valence-corrected chi connectivity index (χ2v) is 7.26. The number of halogens is 1. The number of hydrogen-bond donors (Lipinski definition) is 0. The Balaban J connectivity index is -0.000000127. The quantitative estimate of drug-likeness (QED) is 0.0536. The van der Waals surface area contributed by atoms with Gasteiger partial charge in [0.1, 0.15) is 0 Å². The van der Waals surface area contributed by atoms with Crippen LogP contribution in [0.4, 0.5) is 0 Å². The zero-order valence-corrected chi connectivity index (χ0v) is 30.7. The minimum Gasteiger partial charge on any atom is -1.00 e. The number of carbonyl (C=O) groups is 1. The van der Waals surface area contributed by atoms with Crippen LogP contribution in [0.2, 0.25) is 0 Å². The summed E-state index contributed by atoms with van der Waals surface area (Å²) < 4.78 is 31.6. The summed E-state index contributed by atoms with van der Waals surface area (Å²) in [6.45, 7) is 17.0. The van der Waals surface area contributed by atoms with Gasteiger partial charge in [-0.2, -0.15) is 0 Å². The molecule has 35 heavy (non-hydrogen) atoms. The molecule has 0 bridgehead atoms. The van der Waals surface area contributed by atoms with Crippen LogP contribution >= 0.6 is 15.9 Å². The molecule has 2 fully saturated rings. The Labute approximate surface area is 307 Å². The van der Waals surface area contributed by atoms with Crippen LogP contribution in [0, 0.1) is 0 Å². The van der Waals surface area contributed by atoms with Gasteiger partial charge in [-0.25, -0.2) is 0 Å². The SMILES string of the molecule is C1CCOCC1.CCOC(CBr)OCC.CCOC(CN1CCOCC1)OCC.O=CO[O-].[H-].[K+].[K+]. The van der Waals surface area contributed by atoms with E-state index in [-0.39, 0.29) is 123 Å². The van der Waals surface area contributed by atoms with Gasteiger partial charge in [0.2, 0.25) is 0 Å². The third-order valence-electron chi connectivity index (χ3n) is 4.16. The number of alkyl halides is 1. The fraction of sp³-hybridized carbons (Fsp3) is 0.955. The Kier molecular flexibility index (Phi) is 50.1. The van der Waals surface area contributed by atoms with Crippen LogP contribution in [0.5, 0.6) is 0 Å². The van der Waals surface area contributed by atoms with Crippen molar-refractivity contribution in [3.8, 4) is 0 Å². The van der Waals surface area contributed by atoms with Crippen molar-refractivity contribution in [3.63, 3.8) is 0 Å². The summed E-state index contributed by atoms with van der Waals surface area (Å²) in [4.78, 5) is 13.6. The fourth-order valence-electron chi connectivity index (χ4n) is 2.72. The van der Waals surface area contributed by atoms with E-state index in [0.717, 1.165) is 51.4 Å². The van der Waals surface area contributed by atoms with Crippen molar-refractivity contribution in [3.05, 3.63) is 0 Å². The molecule has 0 aliphatic carbocycles. The van der Waals surface area contributed by atoms with E-state index in [1.165, 1.54) is 19.3 Å². The number of ether oxygens (including phenoxy) is 6. The third-order valence-corrected chi connectivity index (χ3v) is 4.69. The van der Waals surface area contributed by atoms with Gasteiger partial charge in [0.05, 0.1) is 18.5 Å². The molecule has 0 aromatic carbocycles. The van der Waals surface area contributed by atoms with E-state index in [0.29, 0.717) is 26.4 Å². The molecule has 0 radical (unpaired) electrons. The first-order chi connectivity index (χ1) is 16.1. The van der Waals surface area contributed by atoms with Crippen molar-refractivity contribution in [1.29, 1.82) is 0 Å². The normalized spacial score (nSPS) is 15.1. The van der Waals surface area contributed by atoms with E-state index < -0.39 is 0 Å². The van der Waals surface area contributed by atoms with Crippen LogP contribution in [0.1, 0.15) is 48.4 Å². The Morgan fingerprint density at radius 2 is 1.23 bits per heavy atom. The molecule has 2 saturated heterocycles. The summed E-state index contributed by atoms with van der Waals surface area (Å²) in [5, 5.41) is 9.18. The second-order valence-electron chi connectivity index (χ2n) is 6.61. The van der Waals surface area contributed by atoms with Gasteiger partial charge in [0.15, 0.2) is 12.6 Å². The summed E-state index contributed by atoms with van der Waals surface area (Å²) in [6.07, 6.45) is 3.78. The molecule has 0 amide bonds. The third kappa shape index (κ3) is 34.9. The number of morpholine rings is 1. The zero-order chi connectivity index (χ0) is 25.0. The number of rotatable bonds is 12. The molecule has 10 nitrogen and oxygen atoms in total. The molecule has 202 valence electrons. The molecule has 0 saturated carbocycles. The van der Waals surface area contributed by atoms with Crippen molar-refractivity contribution in [2.75, 3.05) is 77.8 Å². The summed E-state index contributed by atoms with van der Waals surface area (Å²) >= 11 is 3.27. The molecule has 2 aliphatic rings. The van der Waals surface area contributed by atoms with Crippen molar-refractivity contribution in [2.45, 2.75) is 59.5 Å². The maximum Gasteiger partial charge on any atom is 1.00 e. The maximum absolute atomic E-state index is 8.64. The van der Waals surface area contributed by atoms with E-state index in [1.54, 1.807) is 0 Å². The Bertz CT molecular complexity index is 368. The van der Waals surface area contributed by atoms with Crippen molar-refractivity contribution < 1.29 is 148 Å². The summed E-state index contributed by atoms with van der Waals surface area (Å²) in [7, 11) is 0. The van der Waals surface area contributed by atoms with Gasteiger partial charge >= 0.3 is 103 Å². The first kappa shape index (κ1) is 44.9. The van der Waals surface area contributed by atoms with E-state index in [4.69, 9.17) is 38.5 Å². The maximum atomic E-state index is 8.64. The molecule has 0 aromatic rings. The second kappa shape index (κ2) is 39.0. The first-order valence-electron chi connectivity index (χ1n) is 11.8. The molecule has 0 atom stereocenters. The summed E-state index contributed by atoms with van der Waals surface area (Å²) in [5.74, 6) is 0. The van der Waals surface area contributed by atoms with Gasteiger partial charge < -0.3 is 40.0 Å². The molecule has 2 heterocycles. The van der Waals surface area contributed by atoms with Gasteiger partial charge in [0, 0.05) is 59.3 Å². The zero-order valence-electron chi connectivity index (χ0n) is 23.8.